The summed E-state index contributed by atoms with van der Waals surface area (Å²) >= 11 is 1.31. The minimum atomic E-state index is -0.565. The summed E-state index contributed by atoms with van der Waals surface area (Å²) in [6.07, 6.45) is 1.99. The van der Waals surface area contributed by atoms with Gasteiger partial charge >= 0.3 is 11.9 Å². The van der Waals surface area contributed by atoms with E-state index >= 15 is 0 Å². The molecule has 0 radical (unpaired) electrons. The van der Waals surface area contributed by atoms with Crippen molar-refractivity contribution in [2.24, 2.45) is 0 Å². The molecule has 5 nitrogen and oxygen atoms in total. The Morgan fingerprint density at radius 1 is 1.26 bits per heavy atom. The standard InChI is InChI=1S/C13H16O5S/c1-4-5-18-13(15)11-8-19-7-10(11)9(6-16-2)12(14)17-3/h6-8H,4-5H2,1-3H3. The lowest BCUT2D eigenvalue weighted by Crippen LogP contribution is -2.10. The highest BCUT2D eigenvalue weighted by Crippen LogP contribution is 2.25. The van der Waals surface area contributed by atoms with Crippen molar-refractivity contribution >= 4 is 28.8 Å². The molecule has 0 fully saturated rings. The second-order valence-corrected chi connectivity index (χ2v) is 4.34. The third-order valence-corrected chi connectivity index (χ3v) is 2.99. The van der Waals surface area contributed by atoms with Crippen LogP contribution in [0.3, 0.4) is 0 Å². The van der Waals surface area contributed by atoms with Gasteiger partial charge in [-0.3, -0.25) is 0 Å². The number of methoxy groups -OCH3 is 2. The van der Waals surface area contributed by atoms with Crippen molar-refractivity contribution in [1.29, 1.82) is 0 Å². The molecule has 0 saturated carbocycles. The van der Waals surface area contributed by atoms with Crippen LogP contribution in [0, 0.1) is 0 Å². The van der Waals surface area contributed by atoms with Crippen LogP contribution >= 0.6 is 11.3 Å². The van der Waals surface area contributed by atoms with Crippen LogP contribution in [0.25, 0.3) is 5.57 Å². The fraction of sp³-hybridized carbons (Fsp3) is 0.385. The van der Waals surface area contributed by atoms with Gasteiger partial charge in [0.05, 0.1) is 32.7 Å². The predicted molar refractivity (Wildman–Crippen MR) is 71.9 cm³/mol. The monoisotopic (exact) mass is 284 g/mol. The Balaban J connectivity index is 3.06. The molecular weight excluding hydrogens is 268 g/mol. The van der Waals surface area contributed by atoms with Crippen LogP contribution in [-0.4, -0.2) is 32.8 Å². The van der Waals surface area contributed by atoms with Crippen LogP contribution in [0.4, 0.5) is 0 Å². The normalized spacial score (nSPS) is 11.0. The maximum Gasteiger partial charge on any atom is 0.341 e. The molecule has 1 heterocycles. The van der Waals surface area contributed by atoms with Gasteiger partial charge in [0.15, 0.2) is 0 Å². The second-order valence-electron chi connectivity index (χ2n) is 3.59. The van der Waals surface area contributed by atoms with Gasteiger partial charge < -0.3 is 14.2 Å². The average Bonchev–Trinajstić information content (AvgIpc) is 2.90. The van der Waals surface area contributed by atoms with Gasteiger partial charge in [-0.05, 0) is 11.8 Å². The number of ether oxygens (including phenoxy) is 3. The molecule has 0 aliphatic rings. The van der Waals surface area contributed by atoms with E-state index in [4.69, 9.17) is 9.47 Å². The third kappa shape index (κ3) is 3.82. The Bertz CT molecular complexity index is 475. The molecule has 0 amide bonds. The molecule has 6 heteroatoms. The SMILES string of the molecule is CCCOC(=O)c1cscc1C(=COC)C(=O)OC. The summed E-state index contributed by atoms with van der Waals surface area (Å²) in [7, 11) is 2.69. The summed E-state index contributed by atoms with van der Waals surface area (Å²) in [6, 6.07) is 0. The molecule has 19 heavy (non-hydrogen) atoms. The van der Waals surface area contributed by atoms with E-state index in [2.05, 4.69) is 4.74 Å². The Morgan fingerprint density at radius 3 is 2.53 bits per heavy atom. The highest BCUT2D eigenvalue weighted by Gasteiger charge is 2.22. The number of carbonyl (C=O) groups is 2. The van der Waals surface area contributed by atoms with Gasteiger partial charge in [0.25, 0.3) is 0 Å². The van der Waals surface area contributed by atoms with E-state index in [0.29, 0.717) is 17.7 Å². The van der Waals surface area contributed by atoms with Crippen LogP contribution in [0.1, 0.15) is 29.3 Å². The Morgan fingerprint density at radius 2 is 1.95 bits per heavy atom. The topological polar surface area (TPSA) is 61.8 Å². The van der Waals surface area contributed by atoms with Crippen molar-refractivity contribution in [2.45, 2.75) is 13.3 Å². The minimum Gasteiger partial charge on any atom is -0.503 e. The van der Waals surface area contributed by atoms with Crippen molar-refractivity contribution in [1.82, 2.24) is 0 Å². The van der Waals surface area contributed by atoms with E-state index in [0.717, 1.165) is 6.42 Å². The summed E-state index contributed by atoms with van der Waals surface area (Å²) < 4.78 is 14.6. The Hall–Kier alpha value is -1.82. The average molecular weight is 284 g/mol. The van der Waals surface area contributed by atoms with Gasteiger partial charge in [0, 0.05) is 10.9 Å². The van der Waals surface area contributed by atoms with E-state index in [1.807, 2.05) is 6.92 Å². The van der Waals surface area contributed by atoms with Gasteiger partial charge in [0.2, 0.25) is 0 Å². The zero-order chi connectivity index (χ0) is 14.3. The van der Waals surface area contributed by atoms with Gasteiger partial charge in [0.1, 0.15) is 5.57 Å². The number of carbonyl (C=O) groups excluding carboxylic acids is 2. The smallest absolute Gasteiger partial charge is 0.341 e. The number of esters is 2. The zero-order valence-electron chi connectivity index (χ0n) is 11.1. The van der Waals surface area contributed by atoms with Gasteiger partial charge in [-0.2, -0.15) is 11.3 Å². The Labute approximate surface area is 115 Å². The van der Waals surface area contributed by atoms with Crippen molar-refractivity contribution in [3.63, 3.8) is 0 Å². The largest absolute Gasteiger partial charge is 0.503 e. The molecule has 1 aromatic rings. The first-order valence-electron chi connectivity index (χ1n) is 5.70. The molecule has 104 valence electrons. The van der Waals surface area contributed by atoms with Gasteiger partial charge in [-0.1, -0.05) is 6.92 Å². The van der Waals surface area contributed by atoms with Crippen LogP contribution < -0.4 is 0 Å². The first-order chi connectivity index (χ1) is 9.15. The first-order valence-corrected chi connectivity index (χ1v) is 6.64. The predicted octanol–water partition coefficient (Wildman–Crippen LogP) is 2.48. The molecule has 1 aromatic heterocycles. The quantitative estimate of drug-likeness (QED) is 0.456. The molecule has 0 saturated heterocycles. The van der Waals surface area contributed by atoms with Crippen LogP contribution in [0.5, 0.6) is 0 Å². The van der Waals surface area contributed by atoms with Crippen LogP contribution in [-0.2, 0) is 19.0 Å². The van der Waals surface area contributed by atoms with Crippen LogP contribution in [0.15, 0.2) is 17.0 Å². The first kappa shape index (κ1) is 15.2. The fourth-order valence-corrected chi connectivity index (χ4v) is 2.20. The van der Waals surface area contributed by atoms with E-state index in [1.165, 1.54) is 31.8 Å². The summed E-state index contributed by atoms with van der Waals surface area (Å²) in [5.74, 6) is -1.02. The third-order valence-electron chi connectivity index (χ3n) is 2.25. The minimum absolute atomic E-state index is 0.190. The highest BCUT2D eigenvalue weighted by molar-refractivity contribution is 7.08. The molecule has 0 N–H and O–H groups in total. The number of rotatable bonds is 6. The lowest BCUT2D eigenvalue weighted by molar-refractivity contribution is -0.133. The summed E-state index contributed by atoms with van der Waals surface area (Å²) in [5, 5.41) is 3.32. The lowest BCUT2D eigenvalue weighted by Gasteiger charge is -2.07. The van der Waals surface area contributed by atoms with Crippen molar-refractivity contribution in [2.75, 3.05) is 20.8 Å². The molecule has 0 aromatic carbocycles. The number of hydrogen-bond donors (Lipinski definition) is 0. The molecule has 0 unspecified atom stereocenters. The molecular formula is C13H16O5S. The Kier molecular flexibility index (Phi) is 6.08. The molecule has 0 spiro atoms. The van der Waals surface area contributed by atoms with E-state index < -0.39 is 11.9 Å². The molecule has 0 bridgehead atoms. The fourth-order valence-electron chi connectivity index (χ4n) is 1.39. The van der Waals surface area contributed by atoms with Gasteiger partial charge in [-0.25, -0.2) is 9.59 Å². The molecule has 1 rings (SSSR count). The maximum absolute atomic E-state index is 11.9. The van der Waals surface area contributed by atoms with Crippen LogP contribution in [0.2, 0.25) is 0 Å². The zero-order valence-corrected chi connectivity index (χ0v) is 11.9. The summed E-state index contributed by atoms with van der Waals surface area (Å²) in [5.41, 5.74) is 0.988. The number of thiophene rings is 1. The summed E-state index contributed by atoms with van der Waals surface area (Å²) in [6.45, 7) is 2.25. The second kappa shape index (κ2) is 7.58. The van der Waals surface area contributed by atoms with E-state index in [-0.39, 0.29) is 5.57 Å². The number of hydrogen-bond acceptors (Lipinski definition) is 6. The highest BCUT2D eigenvalue weighted by atomic mass is 32.1. The van der Waals surface area contributed by atoms with Crippen molar-refractivity contribution in [3.05, 3.63) is 28.1 Å². The molecule has 0 aliphatic carbocycles. The lowest BCUT2D eigenvalue weighted by atomic mass is 10.1. The van der Waals surface area contributed by atoms with E-state index in [1.54, 1.807) is 10.8 Å². The molecule has 0 aliphatic heterocycles. The van der Waals surface area contributed by atoms with Crippen molar-refractivity contribution in [3.8, 4) is 0 Å². The van der Waals surface area contributed by atoms with Crippen molar-refractivity contribution < 1.29 is 23.8 Å². The molecule has 0 atom stereocenters. The van der Waals surface area contributed by atoms with Gasteiger partial charge in [-0.15, -0.1) is 0 Å². The maximum atomic E-state index is 11.9. The van der Waals surface area contributed by atoms with E-state index in [9.17, 15) is 9.59 Å². The summed E-state index contributed by atoms with van der Waals surface area (Å²) in [4.78, 5) is 23.5.